The molecule has 1 heterocycles. The van der Waals surface area contributed by atoms with Gasteiger partial charge in [0.1, 0.15) is 6.07 Å². The third-order valence-electron chi connectivity index (χ3n) is 2.39. The molecule has 2 nitrogen and oxygen atoms in total. The summed E-state index contributed by atoms with van der Waals surface area (Å²) in [6.45, 7) is 3.62. The molecule has 0 aliphatic heterocycles. The Kier molecular flexibility index (Phi) is 3.22. The molecule has 0 aliphatic rings. The van der Waals surface area contributed by atoms with E-state index in [2.05, 4.69) is 17.6 Å². The van der Waals surface area contributed by atoms with Gasteiger partial charge in [-0.3, -0.25) is 4.98 Å². The van der Waals surface area contributed by atoms with Crippen LogP contribution in [0.3, 0.4) is 0 Å². The topological polar surface area (TPSA) is 36.7 Å². The van der Waals surface area contributed by atoms with Gasteiger partial charge in [-0.15, -0.1) is 0 Å². The molecule has 0 atom stereocenters. The summed E-state index contributed by atoms with van der Waals surface area (Å²) in [6, 6.07) is 11.3. The van der Waals surface area contributed by atoms with Gasteiger partial charge >= 0.3 is 0 Å². The summed E-state index contributed by atoms with van der Waals surface area (Å²) in [5, 5.41) is 9.67. The largest absolute Gasteiger partial charge is 0.255 e. The van der Waals surface area contributed by atoms with Crippen LogP contribution in [0.15, 0.2) is 43.1 Å². The van der Waals surface area contributed by atoms with Crippen molar-refractivity contribution in [3.8, 4) is 17.2 Å². The number of hydrogen-bond donors (Lipinski definition) is 0. The number of pyridine rings is 1. The molecule has 1 aromatic heterocycles. The van der Waals surface area contributed by atoms with E-state index in [9.17, 15) is 0 Å². The second-order valence-electron chi connectivity index (χ2n) is 3.48. The van der Waals surface area contributed by atoms with Crippen LogP contribution in [0.2, 0.25) is 5.02 Å². The zero-order valence-corrected chi connectivity index (χ0v) is 9.78. The van der Waals surface area contributed by atoms with Crippen LogP contribution < -0.4 is 0 Å². The van der Waals surface area contributed by atoms with E-state index in [1.807, 2.05) is 24.3 Å². The highest BCUT2D eigenvalue weighted by Gasteiger charge is 2.04. The Morgan fingerprint density at radius 2 is 2.12 bits per heavy atom. The Morgan fingerprint density at radius 1 is 1.29 bits per heavy atom. The number of nitrogens with zero attached hydrogens (tertiary/aromatic N) is 2. The standard InChI is InChI=1S/C14H9ClN2/c1-2-14-11(8-16)6-12(9-17-14)10-4-3-5-13(15)7-10/h2-7,9H,1H2. The fourth-order valence-electron chi connectivity index (χ4n) is 1.55. The average molecular weight is 241 g/mol. The van der Waals surface area contributed by atoms with Crippen molar-refractivity contribution < 1.29 is 0 Å². The van der Waals surface area contributed by atoms with E-state index in [1.165, 1.54) is 0 Å². The molecule has 0 spiro atoms. The van der Waals surface area contributed by atoms with Gasteiger partial charge in [0.25, 0.3) is 0 Å². The maximum absolute atomic E-state index is 9.01. The minimum Gasteiger partial charge on any atom is -0.255 e. The summed E-state index contributed by atoms with van der Waals surface area (Å²) in [5.74, 6) is 0. The molecule has 0 saturated heterocycles. The fraction of sp³-hybridized carbons (Fsp3) is 0. The normalized spacial score (nSPS) is 9.65. The molecule has 0 radical (unpaired) electrons. The van der Waals surface area contributed by atoms with Gasteiger partial charge in [-0.2, -0.15) is 5.26 Å². The van der Waals surface area contributed by atoms with Crippen LogP contribution in [-0.4, -0.2) is 4.98 Å². The van der Waals surface area contributed by atoms with Gasteiger partial charge in [0.2, 0.25) is 0 Å². The monoisotopic (exact) mass is 240 g/mol. The molecule has 0 bridgehead atoms. The highest BCUT2D eigenvalue weighted by Crippen LogP contribution is 2.23. The summed E-state index contributed by atoms with van der Waals surface area (Å²) in [7, 11) is 0. The van der Waals surface area contributed by atoms with E-state index in [1.54, 1.807) is 18.3 Å². The number of halogens is 1. The highest BCUT2D eigenvalue weighted by atomic mass is 35.5. The first-order valence-corrected chi connectivity index (χ1v) is 5.41. The Hall–Kier alpha value is -2.11. The maximum atomic E-state index is 9.01. The average Bonchev–Trinajstić information content (AvgIpc) is 2.38. The lowest BCUT2D eigenvalue weighted by molar-refractivity contribution is 1.27. The van der Waals surface area contributed by atoms with E-state index in [4.69, 9.17) is 16.9 Å². The third kappa shape index (κ3) is 2.35. The predicted octanol–water partition coefficient (Wildman–Crippen LogP) is 3.92. The molecular weight excluding hydrogens is 232 g/mol. The number of hydrogen-bond acceptors (Lipinski definition) is 2. The molecule has 2 aromatic rings. The molecule has 0 N–H and O–H groups in total. The van der Waals surface area contributed by atoms with E-state index in [0.29, 0.717) is 16.3 Å². The van der Waals surface area contributed by atoms with E-state index in [-0.39, 0.29) is 0 Å². The number of aromatic nitrogens is 1. The number of rotatable bonds is 2. The number of benzene rings is 1. The molecule has 0 aliphatic carbocycles. The zero-order chi connectivity index (χ0) is 12.3. The molecule has 2 rings (SSSR count). The van der Waals surface area contributed by atoms with Crippen LogP contribution in [0.5, 0.6) is 0 Å². The van der Waals surface area contributed by atoms with Crippen LogP contribution in [-0.2, 0) is 0 Å². The fourth-order valence-corrected chi connectivity index (χ4v) is 1.74. The Bertz CT molecular complexity index is 612. The summed E-state index contributed by atoms with van der Waals surface area (Å²) >= 11 is 5.93. The van der Waals surface area contributed by atoms with Gasteiger partial charge in [0.05, 0.1) is 11.3 Å². The predicted molar refractivity (Wildman–Crippen MR) is 69.5 cm³/mol. The highest BCUT2D eigenvalue weighted by molar-refractivity contribution is 6.30. The Balaban J connectivity index is 2.55. The molecule has 0 amide bonds. The minimum absolute atomic E-state index is 0.512. The minimum atomic E-state index is 0.512. The van der Waals surface area contributed by atoms with Crippen molar-refractivity contribution in [2.24, 2.45) is 0 Å². The zero-order valence-electron chi connectivity index (χ0n) is 9.02. The van der Waals surface area contributed by atoms with Crippen molar-refractivity contribution in [3.63, 3.8) is 0 Å². The van der Waals surface area contributed by atoms with Crippen molar-refractivity contribution in [1.29, 1.82) is 5.26 Å². The Morgan fingerprint density at radius 3 is 2.76 bits per heavy atom. The van der Waals surface area contributed by atoms with Crippen molar-refractivity contribution in [2.75, 3.05) is 0 Å². The van der Waals surface area contributed by atoms with Crippen molar-refractivity contribution >= 4 is 17.7 Å². The van der Waals surface area contributed by atoms with Crippen molar-refractivity contribution in [1.82, 2.24) is 4.98 Å². The van der Waals surface area contributed by atoms with Gasteiger partial charge < -0.3 is 0 Å². The van der Waals surface area contributed by atoms with Crippen molar-refractivity contribution in [3.05, 3.63) is 59.4 Å². The summed E-state index contributed by atoms with van der Waals surface area (Å²) < 4.78 is 0. The van der Waals surface area contributed by atoms with E-state index in [0.717, 1.165) is 11.1 Å². The maximum Gasteiger partial charge on any atom is 0.101 e. The molecule has 3 heteroatoms. The number of nitriles is 1. The van der Waals surface area contributed by atoms with Crippen molar-refractivity contribution in [2.45, 2.75) is 0 Å². The molecule has 17 heavy (non-hydrogen) atoms. The molecule has 0 unspecified atom stereocenters. The summed E-state index contributed by atoms with van der Waals surface area (Å²) in [6.07, 6.45) is 3.28. The lowest BCUT2D eigenvalue weighted by Crippen LogP contribution is -1.89. The second kappa shape index (κ2) is 4.82. The van der Waals surface area contributed by atoms with Crippen LogP contribution in [0.4, 0.5) is 0 Å². The van der Waals surface area contributed by atoms with Gasteiger partial charge in [0.15, 0.2) is 0 Å². The van der Waals surface area contributed by atoms with Gasteiger partial charge in [-0.1, -0.05) is 30.3 Å². The van der Waals surface area contributed by atoms with E-state index >= 15 is 0 Å². The SMILES string of the molecule is C=Cc1ncc(-c2cccc(Cl)c2)cc1C#N. The molecule has 0 saturated carbocycles. The van der Waals surface area contributed by atoms with Crippen LogP contribution in [0, 0.1) is 11.3 Å². The summed E-state index contributed by atoms with van der Waals surface area (Å²) in [4.78, 5) is 4.19. The quantitative estimate of drug-likeness (QED) is 0.798. The second-order valence-corrected chi connectivity index (χ2v) is 3.92. The summed E-state index contributed by atoms with van der Waals surface area (Å²) in [5.41, 5.74) is 2.92. The molecular formula is C14H9ClN2. The lowest BCUT2D eigenvalue weighted by atomic mass is 10.0. The van der Waals surface area contributed by atoms with Crippen LogP contribution >= 0.6 is 11.6 Å². The molecule has 1 aromatic carbocycles. The lowest BCUT2D eigenvalue weighted by Gasteiger charge is -2.04. The first kappa shape index (κ1) is 11.4. The van der Waals surface area contributed by atoms with Crippen LogP contribution in [0.1, 0.15) is 11.3 Å². The first-order chi connectivity index (χ1) is 8.24. The Labute approximate surface area is 105 Å². The van der Waals surface area contributed by atoms with Gasteiger partial charge in [-0.05, 0) is 29.8 Å². The first-order valence-electron chi connectivity index (χ1n) is 5.03. The molecule has 0 fully saturated rings. The van der Waals surface area contributed by atoms with E-state index < -0.39 is 0 Å². The van der Waals surface area contributed by atoms with Gasteiger partial charge in [-0.25, -0.2) is 0 Å². The van der Waals surface area contributed by atoms with Crippen LogP contribution in [0.25, 0.3) is 17.2 Å². The van der Waals surface area contributed by atoms with Gasteiger partial charge in [0, 0.05) is 16.8 Å². The molecule has 82 valence electrons. The smallest absolute Gasteiger partial charge is 0.101 e. The third-order valence-corrected chi connectivity index (χ3v) is 2.63.